The molecule has 1 amide bonds. The molecule has 0 aromatic heterocycles. The van der Waals surface area contributed by atoms with Crippen molar-refractivity contribution in [2.45, 2.75) is 19.9 Å². The van der Waals surface area contributed by atoms with Crippen LogP contribution in [0.1, 0.15) is 25.5 Å². The van der Waals surface area contributed by atoms with Crippen LogP contribution in [0.25, 0.3) is 0 Å². The van der Waals surface area contributed by atoms with E-state index in [1.807, 2.05) is 31.2 Å². The first-order chi connectivity index (χ1) is 10.1. The van der Waals surface area contributed by atoms with Crippen LogP contribution in [0, 0.1) is 11.8 Å². The van der Waals surface area contributed by atoms with Gasteiger partial charge >= 0.3 is 0 Å². The van der Waals surface area contributed by atoms with Crippen LogP contribution in [0.15, 0.2) is 37.4 Å². The molecule has 21 heavy (non-hydrogen) atoms. The Balaban J connectivity index is 0.00000106. The number of amides is 1. The molecule has 0 spiro atoms. The molecule has 2 rings (SSSR count). The molecule has 116 valence electrons. The fourth-order valence-corrected chi connectivity index (χ4v) is 2.48. The van der Waals surface area contributed by atoms with E-state index < -0.39 is 0 Å². The molecule has 1 fully saturated rings. The Morgan fingerprint density at radius 3 is 2.71 bits per heavy atom. The first kappa shape index (κ1) is 17.2. The van der Waals surface area contributed by atoms with Crippen molar-refractivity contribution in [2.24, 2.45) is 11.8 Å². The summed E-state index contributed by atoms with van der Waals surface area (Å²) >= 11 is 0. The first-order valence-corrected chi connectivity index (χ1v) is 7.27. The molecule has 1 aromatic rings. The minimum atomic E-state index is -0.00426. The van der Waals surface area contributed by atoms with Gasteiger partial charge in [-0.1, -0.05) is 19.1 Å². The maximum atomic E-state index is 12.2. The summed E-state index contributed by atoms with van der Waals surface area (Å²) in [5.41, 5.74) is 1.06. The molecule has 2 N–H and O–H groups in total. The van der Waals surface area contributed by atoms with E-state index in [2.05, 4.69) is 30.7 Å². The Hall–Kier alpha value is -1.81. The molecule has 4 heteroatoms. The summed E-state index contributed by atoms with van der Waals surface area (Å²) in [6, 6.07) is 7.80. The molecule has 1 saturated heterocycles. The van der Waals surface area contributed by atoms with Gasteiger partial charge in [0.25, 0.3) is 0 Å². The molecular weight excluding hydrogens is 264 g/mol. The zero-order chi connectivity index (χ0) is 15.8. The number of hydrogen-bond acceptors (Lipinski definition) is 3. The summed E-state index contributed by atoms with van der Waals surface area (Å²) in [4.78, 5) is 12.2. The summed E-state index contributed by atoms with van der Waals surface area (Å²) in [5, 5.41) is 6.34. The van der Waals surface area contributed by atoms with Crippen LogP contribution in [-0.2, 0) is 4.79 Å². The van der Waals surface area contributed by atoms with Crippen LogP contribution >= 0.6 is 0 Å². The summed E-state index contributed by atoms with van der Waals surface area (Å²) in [6.45, 7) is 11.8. The Labute approximate surface area is 127 Å². The number of nitrogens with one attached hydrogen (secondary N) is 2. The van der Waals surface area contributed by atoms with E-state index in [4.69, 9.17) is 4.74 Å². The van der Waals surface area contributed by atoms with Crippen LogP contribution in [0.2, 0.25) is 0 Å². The summed E-state index contributed by atoms with van der Waals surface area (Å²) in [7, 11) is 1.65. The van der Waals surface area contributed by atoms with Crippen molar-refractivity contribution in [3.63, 3.8) is 0 Å². The molecule has 0 unspecified atom stereocenters. The Kier molecular flexibility index (Phi) is 6.96. The van der Waals surface area contributed by atoms with Crippen LogP contribution < -0.4 is 15.4 Å². The highest BCUT2D eigenvalue weighted by Gasteiger charge is 2.30. The van der Waals surface area contributed by atoms with E-state index in [9.17, 15) is 4.79 Å². The highest BCUT2D eigenvalue weighted by molar-refractivity contribution is 5.80. The van der Waals surface area contributed by atoms with Crippen LogP contribution in [-0.4, -0.2) is 26.1 Å². The summed E-state index contributed by atoms with van der Waals surface area (Å²) < 4.78 is 5.20. The molecule has 0 bridgehead atoms. The molecular formula is C17H26N2O2. The fraction of sp³-hybridized carbons (Fsp3) is 0.471. The SMILES string of the molecule is C=C.COc1cccc([C@H](C)NC(=O)[C@@H]2CNC[C@H]2C)c1. The van der Waals surface area contributed by atoms with Gasteiger partial charge in [-0.15, -0.1) is 13.2 Å². The molecule has 0 radical (unpaired) electrons. The molecule has 1 aliphatic heterocycles. The van der Waals surface area contributed by atoms with Gasteiger partial charge < -0.3 is 15.4 Å². The van der Waals surface area contributed by atoms with E-state index in [0.717, 1.165) is 24.4 Å². The fourth-order valence-electron chi connectivity index (χ4n) is 2.48. The highest BCUT2D eigenvalue weighted by Crippen LogP contribution is 2.21. The van der Waals surface area contributed by atoms with E-state index in [0.29, 0.717) is 5.92 Å². The lowest BCUT2D eigenvalue weighted by atomic mass is 9.96. The standard InChI is InChI=1S/C15H22N2O2.C2H4/c1-10-8-16-9-14(10)15(18)17-11(2)12-5-4-6-13(7-12)19-3;1-2/h4-7,10-11,14,16H,8-9H2,1-3H3,(H,17,18);1-2H2/t10-,11+,14-;/m1./s1. The van der Waals surface area contributed by atoms with Crippen molar-refractivity contribution in [3.05, 3.63) is 43.0 Å². The normalized spacial score (nSPS) is 21.9. The molecule has 0 aliphatic carbocycles. The number of hydrogen-bond donors (Lipinski definition) is 2. The van der Waals surface area contributed by atoms with Crippen molar-refractivity contribution in [1.82, 2.24) is 10.6 Å². The monoisotopic (exact) mass is 290 g/mol. The van der Waals surface area contributed by atoms with Crippen molar-refractivity contribution in [3.8, 4) is 5.75 Å². The van der Waals surface area contributed by atoms with Crippen molar-refractivity contribution in [2.75, 3.05) is 20.2 Å². The first-order valence-electron chi connectivity index (χ1n) is 7.27. The number of ether oxygens (including phenoxy) is 1. The average Bonchev–Trinajstić information content (AvgIpc) is 2.95. The van der Waals surface area contributed by atoms with Gasteiger partial charge in [-0.2, -0.15) is 0 Å². The van der Waals surface area contributed by atoms with Crippen molar-refractivity contribution in [1.29, 1.82) is 0 Å². The molecule has 1 heterocycles. The quantitative estimate of drug-likeness (QED) is 0.838. The Morgan fingerprint density at radius 2 is 2.14 bits per heavy atom. The van der Waals surface area contributed by atoms with Crippen LogP contribution in [0.5, 0.6) is 5.75 Å². The van der Waals surface area contributed by atoms with Gasteiger partial charge in [0, 0.05) is 6.54 Å². The van der Waals surface area contributed by atoms with E-state index in [1.165, 1.54) is 0 Å². The number of carbonyl (C=O) groups is 1. The molecule has 0 saturated carbocycles. The summed E-state index contributed by atoms with van der Waals surface area (Å²) in [6.07, 6.45) is 0. The number of benzene rings is 1. The predicted octanol–water partition coefficient (Wildman–Crippen LogP) is 2.53. The zero-order valence-electron chi connectivity index (χ0n) is 13.2. The van der Waals surface area contributed by atoms with Crippen molar-refractivity contribution < 1.29 is 9.53 Å². The topological polar surface area (TPSA) is 50.4 Å². The lowest BCUT2D eigenvalue weighted by Gasteiger charge is -2.19. The second-order valence-electron chi connectivity index (χ2n) is 5.25. The number of methoxy groups -OCH3 is 1. The molecule has 1 aromatic carbocycles. The van der Waals surface area contributed by atoms with Crippen molar-refractivity contribution >= 4 is 5.91 Å². The van der Waals surface area contributed by atoms with Gasteiger partial charge in [0.1, 0.15) is 5.75 Å². The van der Waals surface area contributed by atoms with E-state index >= 15 is 0 Å². The van der Waals surface area contributed by atoms with Gasteiger partial charge in [-0.05, 0) is 37.1 Å². The number of carbonyl (C=O) groups excluding carboxylic acids is 1. The lowest BCUT2D eigenvalue weighted by molar-refractivity contribution is -0.126. The Morgan fingerprint density at radius 1 is 1.43 bits per heavy atom. The Bertz CT molecular complexity index is 462. The lowest BCUT2D eigenvalue weighted by Crippen LogP contribution is -2.35. The van der Waals surface area contributed by atoms with Gasteiger partial charge in [0.2, 0.25) is 5.91 Å². The average molecular weight is 290 g/mol. The van der Waals surface area contributed by atoms with Crippen LogP contribution in [0.4, 0.5) is 0 Å². The maximum absolute atomic E-state index is 12.2. The van der Waals surface area contributed by atoms with Crippen LogP contribution in [0.3, 0.4) is 0 Å². The summed E-state index contributed by atoms with van der Waals surface area (Å²) in [5.74, 6) is 1.42. The second-order valence-corrected chi connectivity index (χ2v) is 5.25. The maximum Gasteiger partial charge on any atom is 0.225 e. The minimum Gasteiger partial charge on any atom is -0.497 e. The minimum absolute atomic E-state index is 0.00426. The van der Waals surface area contributed by atoms with E-state index in [1.54, 1.807) is 7.11 Å². The largest absolute Gasteiger partial charge is 0.497 e. The van der Waals surface area contributed by atoms with Gasteiger partial charge in [-0.3, -0.25) is 4.79 Å². The number of rotatable bonds is 4. The third kappa shape index (κ3) is 4.60. The van der Waals surface area contributed by atoms with E-state index in [-0.39, 0.29) is 17.9 Å². The third-order valence-electron chi connectivity index (χ3n) is 3.81. The molecule has 4 nitrogen and oxygen atoms in total. The zero-order valence-corrected chi connectivity index (χ0v) is 13.2. The molecule has 1 aliphatic rings. The molecule has 3 atom stereocenters. The second kappa shape index (κ2) is 8.47. The third-order valence-corrected chi connectivity index (χ3v) is 3.81. The highest BCUT2D eigenvalue weighted by atomic mass is 16.5. The predicted molar refractivity (Wildman–Crippen MR) is 86.3 cm³/mol. The van der Waals surface area contributed by atoms with Gasteiger partial charge in [-0.25, -0.2) is 0 Å². The smallest absolute Gasteiger partial charge is 0.225 e. The van der Waals surface area contributed by atoms with Gasteiger partial charge in [0.15, 0.2) is 0 Å². The van der Waals surface area contributed by atoms with Gasteiger partial charge in [0.05, 0.1) is 19.1 Å².